The number of benzene rings is 2. The molecule has 2 aromatic carbocycles. The number of nitrogens with zero attached hydrogens (tertiary/aromatic N) is 6. The number of guanidine groups is 1. The molecule has 11 heteroatoms. The SMILES string of the molecule is Cc1ccccc1NC(N)=Nc1nc(CSc2nnnn2-c2ccccc2)cc(=O)[nH]1. The quantitative estimate of drug-likeness (QED) is 0.239. The summed E-state index contributed by atoms with van der Waals surface area (Å²) in [5, 5.41) is 15.4. The lowest BCUT2D eigenvalue weighted by Gasteiger charge is -2.08. The highest BCUT2D eigenvalue weighted by Gasteiger charge is 2.10. The van der Waals surface area contributed by atoms with E-state index in [1.54, 1.807) is 4.68 Å². The minimum atomic E-state index is -0.323. The number of rotatable bonds is 6. The molecule has 156 valence electrons. The molecule has 0 aliphatic rings. The van der Waals surface area contributed by atoms with Crippen molar-refractivity contribution in [3.8, 4) is 5.69 Å². The van der Waals surface area contributed by atoms with Gasteiger partial charge in [0.1, 0.15) is 0 Å². The molecule has 0 unspecified atom stereocenters. The van der Waals surface area contributed by atoms with Gasteiger partial charge in [-0.15, -0.1) is 5.10 Å². The topological polar surface area (TPSA) is 140 Å². The van der Waals surface area contributed by atoms with Gasteiger partial charge in [-0.05, 0) is 41.1 Å². The molecule has 0 atom stereocenters. The Morgan fingerprint density at radius 1 is 1.19 bits per heavy atom. The highest BCUT2D eigenvalue weighted by atomic mass is 32.2. The predicted molar refractivity (Wildman–Crippen MR) is 120 cm³/mol. The molecule has 0 amide bonds. The zero-order valence-corrected chi connectivity index (χ0v) is 17.4. The molecule has 2 heterocycles. The summed E-state index contributed by atoms with van der Waals surface area (Å²) < 4.78 is 1.63. The van der Waals surface area contributed by atoms with Crippen LogP contribution < -0.4 is 16.6 Å². The lowest BCUT2D eigenvalue weighted by molar-refractivity contribution is 0.756. The number of hydrogen-bond acceptors (Lipinski definition) is 7. The van der Waals surface area contributed by atoms with Gasteiger partial charge in [0.05, 0.1) is 11.4 Å². The molecule has 0 spiro atoms. The van der Waals surface area contributed by atoms with Crippen LogP contribution in [0.15, 0.2) is 75.6 Å². The van der Waals surface area contributed by atoms with Gasteiger partial charge in [0.2, 0.25) is 17.1 Å². The Morgan fingerprint density at radius 2 is 1.97 bits per heavy atom. The number of para-hydroxylation sites is 2. The summed E-state index contributed by atoms with van der Waals surface area (Å²) in [6.07, 6.45) is 0. The number of nitrogens with one attached hydrogen (secondary N) is 2. The largest absolute Gasteiger partial charge is 0.369 e. The Kier molecular flexibility index (Phi) is 6.03. The number of nitrogens with two attached hydrogens (primary N) is 1. The molecule has 2 aromatic heterocycles. The second-order valence-corrected chi connectivity index (χ2v) is 7.44. The third-order valence-electron chi connectivity index (χ3n) is 4.21. The fourth-order valence-corrected chi connectivity index (χ4v) is 3.54. The summed E-state index contributed by atoms with van der Waals surface area (Å²) in [6, 6.07) is 18.6. The van der Waals surface area contributed by atoms with Crippen LogP contribution in [-0.4, -0.2) is 36.1 Å². The Morgan fingerprint density at radius 3 is 2.77 bits per heavy atom. The van der Waals surface area contributed by atoms with E-state index < -0.39 is 0 Å². The van der Waals surface area contributed by atoms with Crippen molar-refractivity contribution in [1.29, 1.82) is 0 Å². The zero-order chi connectivity index (χ0) is 21.6. The third-order valence-corrected chi connectivity index (χ3v) is 5.16. The van der Waals surface area contributed by atoms with Gasteiger partial charge in [-0.3, -0.25) is 9.78 Å². The molecule has 0 aliphatic heterocycles. The maximum Gasteiger partial charge on any atom is 0.252 e. The van der Waals surface area contributed by atoms with Crippen LogP contribution in [0.5, 0.6) is 0 Å². The van der Waals surface area contributed by atoms with Crippen molar-refractivity contribution in [2.75, 3.05) is 5.32 Å². The maximum atomic E-state index is 12.1. The third kappa shape index (κ3) is 5.14. The maximum absolute atomic E-state index is 12.1. The summed E-state index contributed by atoms with van der Waals surface area (Å²) in [6.45, 7) is 1.95. The highest BCUT2D eigenvalue weighted by Crippen LogP contribution is 2.21. The predicted octanol–water partition coefficient (Wildman–Crippen LogP) is 2.40. The summed E-state index contributed by atoms with van der Waals surface area (Å²) in [5.41, 5.74) is 8.87. The van der Waals surface area contributed by atoms with E-state index >= 15 is 0 Å². The number of H-pyrrole nitrogens is 1. The van der Waals surface area contributed by atoms with Crippen LogP contribution in [-0.2, 0) is 5.75 Å². The molecule has 0 saturated carbocycles. The van der Waals surface area contributed by atoms with Crippen molar-refractivity contribution < 1.29 is 0 Å². The van der Waals surface area contributed by atoms with Crippen LogP contribution in [0.3, 0.4) is 0 Å². The number of anilines is 1. The number of aromatic nitrogens is 6. The number of tetrazole rings is 1. The van der Waals surface area contributed by atoms with Crippen molar-refractivity contribution in [2.24, 2.45) is 10.7 Å². The first-order valence-electron chi connectivity index (χ1n) is 9.32. The van der Waals surface area contributed by atoms with Gasteiger partial charge in [-0.1, -0.05) is 48.2 Å². The van der Waals surface area contributed by atoms with Crippen molar-refractivity contribution >= 4 is 29.4 Å². The lowest BCUT2D eigenvalue weighted by atomic mass is 10.2. The van der Waals surface area contributed by atoms with Crippen LogP contribution in [0.4, 0.5) is 11.6 Å². The van der Waals surface area contributed by atoms with Crippen LogP contribution in [0.1, 0.15) is 11.3 Å². The van der Waals surface area contributed by atoms with E-state index in [0.717, 1.165) is 16.9 Å². The fourth-order valence-electron chi connectivity index (χ4n) is 2.75. The van der Waals surface area contributed by atoms with Gasteiger partial charge in [0.25, 0.3) is 5.56 Å². The number of hydrogen-bond donors (Lipinski definition) is 3. The molecule has 4 rings (SSSR count). The van der Waals surface area contributed by atoms with Crippen molar-refractivity contribution in [3.05, 3.63) is 82.3 Å². The molecule has 0 saturated heterocycles. The molecule has 31 heavy (non-hydrogen) atoms. The summed E-state index contributed by atoms with van der Waals surface area (Å²) >= 11 is 1.36. The number of aliphatic imine (C=N–C) groups is 1. The Bertz CT molecular complexity index is 1270. The summed E-state index contributed by atoms with van der Waals surface area (Å²) in [5.74, 6) is 0.615. The number of aromatic amines is 1. The monoisotopic (exact) mass is 433 g/mol. The molecule has 0 bridgehead atoms. The molecule has 10 nitrogen and oxygen atoms in total. The Balaban J connectivity index is 1.50. The second-order valence-electron chi connectivity index (χ2n) is 6.49. The van der Waals surface area contributed by atoms with Crippen LogP contribution >= 0.6 is 11.8 Å². The minimum absolute atomic E-state index is 0.115. The molecule has 4 N–H and O–H groups in total. The van der Waals surface area contributed by atoms with Gasteiger partial charge < -0.3 is 11.1 Å². The molecule has 0 fully saturated rings. The average molecular weight is 434 g/mol. The highest BCUT2D eigenvalue weighted by molar-refractivity contribution is 7.98. The minimum Gasteiger partial charge on any atom is -0.369 e. The van der Waals surface area contributed by atoms with E-state index in [9.17, 15) is 4.79 Å². The first-order valence-corrected chi connectivity index (χ1v) is 10.3. The molecule has 4 aromatic rings. The van der Waals surface area contributed by atoms with E-state index in [4.69, 9.17) is 5.73 Å². The van der Waals surface area contributed by atoms with E-state index in [1.807, 2.05) is 61.5 Å². The number of aryl methyl sites for hydroxylation is 1. The van der Waals surface area contributed by atoms with E-state index in [0.29, 0.717) is 16.6 Å². The summed E-state index contributed by atoms with van der Waals surface area (Å²) in [4.78, 5) is 23.2. The van der Waals surface area contributed by atoms with E-state index in [1.165, 1.54) is 17.8 Å². The Hall–Kier alpha value is -3.99. The fraction of sp³-hybridized carbons (Fsp3) is 0.100. The van der Waals surface area contributed by atoms with E-state index in [-0.39, 0.29) is 17.5 Å². The normalized spacial score (nSPS) is 11.5. The van der Waals surface area contributed by atoms with Crippen molar-refractivity contribution in [1.82, 2.24) is 30.2 Å². The second kappa shape index (κ2) is 9.22. The van der Waals surface area contributed by atoms with Crippen LogP contribution in [0, 0.1) is 6.92 Å². The van der Waals surface area contributed by atoms with Crippen molar-refractivity contribution in [2.45, 2.75) is 17.8 Å². The lowest BCUT2D eigenvalue weighted by Crippen LogP contribution is -2.23. The average Bonchev–Trinajstić information content (AvgIpc) is 3.23. The summed E-state index contributed by atoms with van der Waals surface area (Å²) in [7, 11) is 0. The molecule has 0 aliphatic carbocycles. The first-order chi connectivity index (χ1) is 15.1. The molecule has 0 radical (unpaired) electrons. The van der Waals surface area contributed by atoms with Gasteiger partial charge in [-0.2, -0.15) is 9.67 Å². The van der Waals surface area contributed by atoms with Gasteiger partial charge in [0, 0.05) is 17.5 Å². The van der Waals surface area contributed by atoms with Crippen LogP contribution in [0.25, 0.3) is 5.69 Å². The molecular weight excluding hydrogens is 414 g/mol. The number of thioether (sulfide) groups is 1. The first kappa shape index (κ1) is 20.3. The van der Waals surface area contributed by atoms with Gasteiger partial charge in [0.15, 0.2) is 0 Å². The van der Waals surface area contributed by atoms with Crippen molar-refractivity contribution in [3.63, 3.8) is 0 Å². The smallest absolute Gasteiger partial charge is 0.252 e. The molecular formula is C20H19N9OS. The zero-order valence-electron chi connectivity index (χ0n) is 16.6. The van der Waals surface area contributed by atoms with Crippen LogP contribution in [0.2, 0.25) is 0 Å². The van der Waals surface area contributed by atoms with Gasteiger partial charge in [-0.25, -0.2) is 4.98 Å². The standard InChI is InChI=1S/C20H19N9OS/c1-13-7-5-6-10-16(13)23-18(21)25-19-22-14(11-17(30)24-19)12-31-20-26-27-28-29(20)15-8-3-2-4-9-15/h2-11H,12H2,1H3,(H4,21,22,23,24,25,30). The van der Waals surface area contributed by atoms with Gasteiger partial charge >= 0.3 is 0 Å². The Labute approximate surface area is 181 Å². The van der Waals surface area contributed by atoms with E-state index in [2.05, 4.69) is 35.8 Å².